The summed E-state index contributed by atoms with van der Waals surface area (Å²) >= 11 is 5.85. The molecule has 1 aliphatic heterocycles. The highest BCUT2D eigenvalue weighted by atomic mass is 35.5. The predicted octanol–water partition coefficient (Wildman–Crippen LogP) is 3.35. The number of halogens is 4. The van der Waals surface area contributed by atoms with Crippen LogP contribution in [0.1, 0.15) is 20.3 Å². The van der Waals surface area contributed by atoms with Gasteiger partial charge in [-0.1, -0.05) is 16.7 Å². The zero-order chi connectivity index (χ0) is 20.9. The zero-order valence-electron chi connectivity index (χ0n) is 15.2. The van der Waals surface area contributed by atoms with Crippen LogP contribution < -0.4 is 5.32 Å². The smallest absolute Gasteiger partial charge is 0.403 e. The second-order valence-electron chi connectivity index (χ2n) is 6.23. The number of amides is 1. The van der Waals surface area contributed by atoms with Crippen LogP contribution in [0, 0.1) is 0 Å². The van der Waals surface area contributed by atoms with Crippen molar-refractivity contribution in [3.63, 3.8) is 0 Å². The summed E-state index contributed by atoms with van der Waals surface area (Å²) < 4.78 is 37.1. The number of rotatable bonds is 4. The van der Waals surface area contributed by atoms with Crippen molar-refractivity contribution < 1.29 is 27.5 Å². The maximum atomic E-state index is 12.2. The summed E-state index contributed by atoms with van der Waals surface area (Å²) in [6, 6.07) is 7.26. The summed E-state index contributed by atoms with van der Waals surface area (Å²) in [5, 5.41) is 18.8. The molecule has 1 aromatic carbocycles. The van der Waals surface area contributed by atoms with Crippen LogP contribution >= 0.6 is 11.6 Å². The van der Waals surface area contributed by atoms with E-state index in [1.165, 1.54) is 0 Å². The van der Waals surface area contributed by atoms with Gasteiger partial charge in [-0.05, 0) is 44.5 Å². The highest BCUT2D eigenvalue weighted by Gasteiger charge is 2.31. The van der Waals surface area contributed by atoms with Gasteiger partial charge in [-0.3, -0.25) is 4.79 Å². The van der Waals surface area contributed by atoms with Gasteiger partial charge in [0.1, 0.15) is 12.6 Å². The van der Waals surface area contributed by atoms with E-state index in [0.29, 0.717) is 17.0 Å². The first-order valence-electron chi connectivity index (χ1n) is 8.44. The first-order chi connectivity index (χ1) is 13.1. The molecule has 0 radical (unpaired) electrons. The summed E-state index contributed by atoms with van der Waals surface area (Å²) in [7, 11) is 0. The van der Waals surface area contributed by atoms with E-state index in [2.05, 4.69) is 15.5 Å². The van der Waals surface area contributed by atoms with Gasteiger partial charge in [0, 0.05) is 23.2 Å². The highest BCUT2D eigenvalue weighted by molar-refractivity contribution is 6.30. The standard InChI is InChI=1S/C15H17ClN4O2.C2H3F3O/c1-9-7-8-20(9)14(21)10(2)17-15-19-18-13(22-15)11-3-5-12(16)6-4-11;3-2(4,5)1-6/h3-6,9-10H,7-8H2,1-2H3,(H,17,19);6H,1H2/t9?,10-;/m1./s1. The molecule has 1 amide bonds. The minimum absolute atomic E-state index is 0.0463. The fourth-order valence-electron chi connectivity index (χ4n) is 2.33. The number of carbonyl (C=O) groups excluding carboxylic acids is 1. The highest BCUT2D eigenvalue weighted by Crippen LogP contribution is 2.23. The number of benzene rings is 1. The van der Waals surface area contributed by atoms with Crippen molar-refractivity contribution >= 4 is 23.5 Å². The Morgan fingerprint density at radius 3 is 2.46 bits per heavy atom. The summed E-state index contributed by atoms with van der Waals surface area (Å²) in [5.41, 5.74) is 0.778. The molecule has 1 fully saturated rings. The molecule has 3 rings (SSSR count). The number of aromatic nitrogens is 2. The first kappa shape index (κ1) is 22.0. The number of carbonyl (C=O) groups is 1. The van der Waals surface area contributed by atoms with Gasteiger partial charge in [0.25, 0.3) is 0 Å². The SMILES string of the molecule is CC1CCN1C(=O)[C@@H](C)Nc1nnc(-c2ccc(Cl)cc2)o1.OCC(F)(F)F. The number of nitrogens with one attached hydrogen (secondary N) is 1. The number of aliphatic hydroxyl groups is 1. The Morgan fingerprint density at radius 1 is 1.39 bits per heavy atom. The molecule has 2 N–H and O–H groups in total. The van der Waals surface area contributed by atoms with Crippen LogP contribution in [0.25, 0.3) is 11.5 Å². The van der Waals surface area contributed by atoms with Crippen molar-refractivity contribution in [3.8, 4) is 11.5 Å². The molecule has 1 unspecified atom stereocenters. The Labute approximate surface area is 164 Å². The van der Waals surface area contributed by atoms with E-state index >= 15 is 0 Å². The van der Waals surface area contributed by atoms with E-state index < -0.39 is 18.8 Å². The van der Waals surface area contributed by atoms with Gasteiger partial charge < -0.3 is 19.7 Å². The summed E-state index contributed by atoms with van der Waals surface area (Å²) in [5.74, 6) is 0.432. The van der Waals surface area contributed by atoms with Crippen LogP contribution in [0.4, 0.5) is 19.2 Å². The van der Waals surface area contributed by atoms with Crippen LogP contribution in [0.5, 0.6) is 0 Å². The number of hydrogen-bond acceptors (Lipinski definition) is 6. The summed E-state index contributed by atoms with van der Waals surface area (Å²) in [4.78, 5) is 14.1. The molecular weight excluding hydrogens is 401 g/mol. The molecule has 28 heavy (non-hydrogen) atoms. The normalized spacial score (nSPS) is 17.2. The lowest BCUT2D eigenvalue weighted by Gasteiger charge is -2.40. The maximum absolute atomic E-state index is 12.2. The van der Waals surface area contributed by atoms with Gasteiger partial charge in [-0.2, -0.15) is 13.2 Å². The monoisotopic (exact) mass is 420 g/mol. The molecule has 0 aliphatic carbocycles. The van der Waals surface area contributed by atoms with Crippen molar-refractivity contribution in [2.24, 2.45) is 0 Å². The molecule has 2 atom stereocenters. The van der Waals surface area contributed by atoms with Crippen LogP contribution in [0.3, 0.4) is 0 Å². The molecule has 154 valence electrons. The summed E-state index contributed by atoms with van der Waals surface area (Å²) in [6.07, 6.45) is -3.35. The third-order valence-electron chi connectivity index (χ3n) is 4.01. The number of likely N-dealkylation sites (tertiary alicyclic amines) is 1. The quantitative estimate of drug-likeness (QED) is 0.788. The molecular formula is C17H20ClF3N4O3. The second kappa shape index (κ2) is 9.24. The molecule has 2 aromatic rings. The van der Waals surface area contributed by atoms with Crippen LogP contribution in [0.15, 0.2) is 28.7 Å². The molecule has 0 bridgehead atoms. The third kappa shape index (κ3) is 6.10. The van der Waals surface area contributed by atoms with E-state index in [9.17, 15) is 18.0 Å². The lowest BCUT2D eigenvalue weighted by atomic mass is 10.0. The molecule has 0 spiro atoms. The van der Waals surface area contributed by atoms with Crippen LogP contribution in [-0.2, 0) is 4.79 Å². The van der Waals surface area contributed by atoms with Crippen molar-refractivity contribution in [1.29, 1.82) is 0 Å². The van der Waals surface area contributed by atoms with Gasteiger partial charge >= 0.3 is 12.2 Å². The third-order valence-corrected chi connectivity index (χ3v) is 4.26. The molecule has 1 aromatic heterocycles. The second-order valence-corrected chi connectivity index (χ2v) is 6.66. The molecule has 0 saturated carbocycles. The lowest BCUT2D eigenvalue weighted by Crippen LogP contribution is -2.53. The fraction of sp³-hybridized carbons (Fsp3) is 0.471. The van der Waals surface area contributed by atoms with E-state index in [1.54, 1.807) is 31.2 Å². The van der Waals surface area contributed by atoms with Gasteiger partial charge in [0.15, 0.2) is 0 Å². The molecule has 2 heterocycles. The Kier molecular flexibility index (Phi) is 7.25. The van der Waals surface area contributed by atoms with Crippen LogP contribution in [-0.4, -0.2) is 57.5 Å². The largest absolute Gasteiger partial charge is 0.411 e. The number of anilines is 1. The van der Waals surface area contributed by atoms with E-state index in [0.717, 1.165) is 18.5 Å². The number of alkyl halides is 3. The van der Waals surface area contributed by atoms with Crippen molar-refractivity contribution in [2.75, 3.05) is 18.5 Å². The Balaban J connectivity index is 0.000000409. The van der Waals surface area contributed by atoms with Gasteiger partial charge in [0.05, 0.1) is 0 Å². The topological polar surface area (TPSA) is 91.5 Å². The minimum Gasteiger partial charge on any atom is -0.403 e. The Morgan fingerprint density at radius 2 is 2.00 bits per heavy atom. The van der Waals surface area contributed by atoms with Crippen molar-refractivity contribution in [3.05, 3.63) is 29.3 Å². The predicted molar refractivity (Wildman–Crippen MR) is 96.8 cm³/mol. The van der Waals surface area contributed by atoms with Crippen LogP contribution in [0.2, 0.25) is 5.02 Å². The minimum atomic E-state index is -4.40. The van der Waals surface area contributed by atoms with E-state index in [1.807, 2.05) is 11.8 Å². The van der Waals surface area contributed by atoms with Gasteiger partial charge in [-0.25, -0.2) is 0 Å². The zero-order valence-corrected chi connectivity index (χ0v) is 16.0. The van der Waals surface area contributed by atoms with E-state index in [-0.39, 0.29) is 11.9 Å². The Hall–Kier alpha value is -2.33. The van der Waals surface area contributed by atoms with Gasteiger partial charge in [0.2, 0.25) is 11.8 Å². The number of hydrogen-bond donors (Lipinski definition) is 2. The van der Waals surface area contributed by atoms with Crippen molar-refractivity contribution in [1.82, 2.24) is 15.1 Å². The maximum Gasteiger partial charge on any atom is 0.411 e. The molecule has 7 nitrogen and oxygen atoms in total. The van der Waals surface area contributed by atoms with E-state index in [4.69, 9.17) is 21.1 Å². The molecule has 11 heteroatoms. The number of aliphatic hydroxyl groups excluding tert-OH is 1. The van der Waals surface area contributed by atoms with Gasteiger partial charge in [-0.15, -0.1) is 5.10 Å². The van der Waals surface area contributed by atoms with Crippen molar-refractivity contribution in [2.45, 2.75) is 38.5 Å². The fourth-order valence-corrected chi connectivity index (χ4v) is 2.46. The average molecular weight is 421 g/mol. The summed E-state index contributed by atoms with van der Waals surface area (Å²) in [6.45, 7) is 2.91. The average Bonchev–Trinajstić information content (AvgIpc) is 3.09. The molecule has 1 aliphatic rings. The number of nitrogens with zero attached hydrogens (tertiary/aromatic N) is 3. The lowest BCUT2D eigenvalue weighted by molar-refractivity contribution is -0.159. The Bertz CT molecular complexity index is 783. The first-order valence-corrected chi connectivity index (χ1v) is 8.82. The molecule has 1 saturated heterocycles.